The lowest BCUT2D eigenvalue weighted by Gasteiger charge is -2.28. The summed E-state index contributed by atoms with van der Waals surface area (Å²) in [6, 6.07) is 5.66. The summed E-state index contributed by atoms with van der Waals surface area (Å²) in [5.41, 5.74) is 0.521. The lowest BCUT2D eigenvalue weighted by molar-refractivity contribution is -0.121. The van der Waals surface area contributed by atoms with Crippen LogP contribution in [0.25, 0.3) is 0 Å². The number of carbonyl (C=O) groups is 3. The van der Waals surface area contributed by atoms with Gasteiger partial charge in [-0.3, -0.25) is 24.0 Å². The zero-order chi connectivity index (χ0) is 19.0. The third kappa shape index (κ3) is 3.22. The van der Waals surface area contributed by atoms with Gasteiger partial charge in [0.1, 0.15) is 6.04 Å². The molecular weight excluding hydrogens is 356 g/mol. The van der Waals surface area contributed by atoms with E-state index in [4.69, 9.17) is 11.6 Å². The van der Waals surface area contributed by atoms with E-state index in [1.165, 1.54) is 4.90 Å². The van der Waals surface area contributed by atoms with Crippen molar-refractivity contribution >= 4 is 40.7 Å². The van der Waals surface area contributed by atoms with Gasteiger partial charge in [-0.15, -0.1) is 0 Å². The fourth-order valence-corrected chi connectivity index (χ4v) is 3.30. The number of fused-ring (bicyclic) bond motifs is 1. The van der Waals surface area contributed by atoms with Crippen molar-refractivity contribution in [3.63, 3.8) is 0 Å². The number of ketones is 1. The molecule has 0 bridgehead atoms. The second kappa shape index (κ2) is 6.92. The maximum Gasteiger partial charge on any atom is 0.300 e. The largest absolute Gasteiger partial charge is 0.307 e. The number of carbonyl (C=O) groups excluding carboxylic acids is 3. The molecule has 1 N–H and O–H groups in total. The van der Waals surface area contributed by atoms with Gasteiger partial charge in [0.05, 0.1) is 16.3 Å². The number of hydrogen-bond acceptors (Lipinski definition) is 4. The number of benzene rings is 1. The van der Waals surface area contributed by atoms with Gasteiger partial charge in [-0.05, 0) is 24.5 Å². The second-order valence-electron chi connectivity index (χ2n) is 6.65. The number of hydrogen-bond donors (Lipinski definition) is 1. The van der Waals surface area contributed by atoms with E-state index in [-0.39, 0.29) is 16.5 Å². The van der Waals surface area contributed by atoms with Crippen molar-refractivity contribution in [1.29, 1.82) is 0 Å². The Morgan fingerprint density at radius 3 is 2.62 bits per heavy atom. The highest BCUT2D eigenvalue weighted by atomic mass is 35.5. The van der Waals surface area contributed by atoms with Crippen LogP contribution in [-0.4, -0.2) is 33.4 Å². The lowest BCUT2D eigenvalue weighted by Crippen LogP contribution is -2.47. The molecule has 2 heterocycles. The first-order valence-electron chi connectivity index (χ1n) is 8.26. The molecule has 0 fully saturated rings. The molecule has 0 saturated heterocycles. The minimum atomic E-state index is -0.840. The van der Waals surface area contributed by atoms with Crippen molar-refractivity contribution < 1.29 is 14.4 Å². The molecular formula is C18H19ClN4O3. The normalized spacial score (nSPS) is 14.7. The Labute approximate surface area is 155 Å². The number of amides is 2. The molecule has 8 heteroatoms. The second-order valence-corrected chi connectivity index (χ2v) is 7.05. The number of halogens is 1. The standard InChI is InChI=1S/C18H19ClN4O3/c1-10(2)9-13(17(25)20-14-7-8-22(3)21-14)23-12-6-4-5-11(19)15(12)16(24)18(23)26/h4-8,10,13H,9H2,1-3H3,(H,20,21,25). The number of nitrogens with one attached hydrogen (secondary N) is 1. The molecule has 1 unspecified atom stereocenters. The SMILES string of the molecule is CC(C)CC(C(=O)Nc1ccn(C)n1)N1C(=O)C(=O)c2c(Cl)cccc21. The average molecular weight is 375 g/mol. The Kier molecular flexibility index (Phi) is 4.82. The summed E-state index contributed by atoms with van der Waals surface area (Å²) in [5, 5.41) is 7.05. The number of rotatable bonds is 5. The van der Waals surface area contributed by atoms with E-state index in [9.17, 15) is 14.4 Å². The van der Waals surface area contributed by atoms with E-state index in [0.29, 0.717) is 17.9 Å². The molecule has 1 aromatic heterocycles. The van der Waals surface area contributed by atoms with Crippen LogP contribution >= 0.6 is 11.6 Å². The summed E-state index contributed by atoms with van der Waals surface area (Å²) < 4.78 is 1.56. The molecule has 1 aromatic carbocycles. The summed E-state index contributed by atoms with van der Waals surface area (Å²) in [4.78, 5) is 39.1. The monoisotopic (exact) mass is 374 g/mol. The van der Waals surface area contributed by atoms with Crippen molar-refractivity contribution in [2.45, 2.75) is 26.3 Å². The van der Waals surface area contributed by atoms with Gasteiger partial charge >= 0.3 is 0 Å². The number of Topliss-reactive ketones (excluding diaryl/α,β-unsaturated/α-hetero) is 1. The number of anilines is 2. The van der Waals surface area contributed by atoms with Crippen LogP contribution in [0.15, 0.2) is 30.5 Å². The van der Waals surface area contributed by atoms with Gasteiger partial charge in [-0.25, -0.2) is 0 Å². The van der Waals surface area contributed by atoms with Gasteiger partial charge in [0.25, 0.3) is 11.7 Å². The topological polar surface area (TPSA) is 84.3 Å². The van der Waals surface area contributed by atoms with E-state index >= 15 is 0 Å². The van der Waals surface area contributed by atoms with Crippen molar-refractivity contribution in [2.75, 3.05) is 10.2 Å². The van der Waals surface area contributed by atoms with Crippen molar-refractivity contribution in [1.82, 2.24) is 9.78 Å². The Morgan fingerprint density at radius 2 is 2.00 bits per heavy atom. The van der Waals surface area contributed by atoms with Crippen LogP contribution in [0.5, 0.6) is 0 Å². The van der Waals surface area contributed by atoms with Gasteiger partial charge in [0.15, 0.2) is 5.82 Å². The molecule has 1 aliphatic heterocycles. The molecule has 2 amide bonds. The van der Waals surface area contributed by atoms with E-state index in [0.717, 1.165) is 0 Å². The summed E-state index contributed by atoms with van der Waals surface area (Å²) in [6.45, 7) is 3.89. The van der Waals surface area contributed by atoms with Crippen LogP contribution in [0.4, 0.5) is 11.5 Å². The predicted molar refractivity (Wildman–Crippen MR) is 98.3 cm³/mol. The molecule has 1 aliphatic rings. The molecule has 0 spiro atoms. The average Bonchev–Trinajstić information content (AvgIpc) is 3.08. The van der Waals surface area contributed by atoms with E-state index in [2.05, 4.69) is 10.4 Å². The maximum absolute atomic E-state index is 12.9. The fraction of sp³-hybridized carbons (Fsp3) is 0.333. The molecule has 0 saturated carbocycles. The highest BCUT2D eigenvalue weighted by Crippen LogP contribution is 2.36. The molecule has 136 valence electrons. The van der Waals surface area contributed by atoms with Crippen LogP contribution in [0, 0.1) is 5.92 Å². The highest BCUT2D eigenvalue weighted by Gasteiger charge is 2.43. The zero-order valence-corrected chi connectivity index (χ0v) is 15.4. The molecule has 3 rings (SSSR count). The van der Waals surface area contributed by atoms with Crippen LogP contribution < -0.4 is 10.2 Å². The molecule has 0 aliphatic carbocycles. The van der Waals surface area contributed by atoms with Gasteiger partial charge in [-0.1, -0.05) is 31.5 Å². The minimum Gasteiger partial charge on any atom is -0.307 e. The van der Waals surface area contributed by atoms with Crippen LogP contribution in [0.1, 0.15) is 30.6 Å². The number of nitrogens with zero attached hydrogens (tertiary/aromatic N) is 3. The Morgan fingerprint density at radius 1 is 1.27 bits per heavy atom. The minimum absolute atomic E-state index is 0.126. The van der Waals surface area contributed by atoms with E-state index < -0.39 is 23.6 Å². The molecule has 2 aromatic rings. The smallest absolute Gasteiger partial charge is 0.300 e. The number of aromatic nitrogens is 2. The summed E-state index contributed by atoms with van der Waals surface area (Å²) >= 11 is 6.10. The first-order valence-corrected chi connectivity index (χ1v) is 8.64. The molecule has 1 atom stereocenters. The third-order valence-corrected chi connectivity index (χ3v) is 4.48. The van der Waals surface area contributed by atoms with E-state index in [1.807, 2.05) is 13.8 Å². The maximum atomic E-state index is 12.9. The Balaban J connectivity index is 1.98. The Bertz CT molecular complexity index is 890. The zero-order valence-electron chi connectivity index (χ0n) is 14.7. The summed E-state index contributed by atoms with van der Waals surface area (Å²) in [6.07, 6.45) is 2.09. The molecule has 0 radical (unpaired) electrons. The molecule has 26 heavy (non-hydrogen) atoms. The lowest BCUT2D eigenvalue weighted by atomic mass is 10.0. The van der Waals surface area contributed by atoms with Crippen LogP contribution in [0.2, 0.25) is 5.02 Å². The van der Waals surface area contributed by atoms with Crippen LogP contribution in [-0.2, 0) is 16.6 Å². The summed E-state index contributed by atoms with van der Waals surface area (Å²) in [5.74, 6) is -1.32. The van der Waals surface area contributed by atoms with Crippen LogP contribution in [0.3, 0.4) is 0 Å². The van der Waals surface area contributed by atoms with Gasteiger partial charge in [-0.2, -0.15) is 5.10 Å². The highest BCUT2D eigenvalue weighted by molar-refractivity contribution is 6.55. The van der Waals surface area contributed by atoms with Crippen molar-refractivity contribution in [3.8, 4) is 0 Å². The van der Waals surface area contributed by atoms with Crippen molar-refractivity contribution in [2.24, 2.45) is 13.0 Å². The molecule has 7 nitrogen and oxygen atoms in total. The summed E-state index contributed by atoms with van der Waals surface area (Å²) in [7, 11) is 1.74. The Hall–Kier alpha value is -2.67. The van der Waals surface area contributed by atoms with Gasteiger partial charge in [0, 0.05) is 19.3 Å². The van der Waals surface area contributed by atoms with Gasteiger partial charge in [0.2, 0.25) is 5.91 Å². The van der Waals surface area contributed by atoms with Gasteiger partial charge < -0.3 is 5.32 Å². The first kappa shape index (κ1) is 18.1. The fourth-order valence-electron chi connectivity index (χ4n) is 3.04. The third-order valence-electron chi connectivity index (χ3n) is 4.17. The quantitative estimate of drug-likeness (QED) is 0.815. The van der Waals surface area contributed by atoms with E-state index in [1.54, 1.807) is 42.2 Å². The predicted octanol–water partition coefficient (Wildman–Crippen LogP) is 2.66. The van der Waals surface area contributed by atoms with Crippen molar-refractivity contribution in [3.05, 3.63) is 41.0 Å². The first-order chi connectivity index (χ1) is 12.3. The number of aryl methyl sites for hydroxylation is 1.